The molecule has 3 rings (SSSR count). The smallest absolute Gasteiger partial charge is 0.268 e. The van der Waals surface area contributed by atoms with Crippen LogP contribution < -0.4 is 4.90 Å². The summed E-state index contributed by atoms with van der Waals surface area (Å²) in [5, 5.41) is -0.0305. The fraction of sp³-hybridized carbons (Fsp3) is 0.158. The molecule has 0 fully saturated rings. The lowest BCUT2D eigenvalue weighted by Gasteiger charge is -2.16. The van der Waals surface area contributed by atoms with Crippen LogP contribution in [0.25, 0.3) is 5.57 Å². The number of amides is 2. The zero-order valence-corrected chi connectivity index (χ0v) is 13.9. The van der Waals surface area contributed by atoms with Crippen LogP contribution in [0.15, 0.2) is 47.5 Å². The Hall–Kier alpha value is -2.39. The SMILES string of the molecule is Cc1ccc(C2=C(Cl)C(=O)N(c3ccc(C)c(C)c3)C2=O)cc1. The minimum Gasteiger partial charge on any atom is -0.268 e. The minimum absolute atomic E-state index is 0.0305. The Kier molecular flexibility index (Phi) is 3.82. The summed E-state index contributed by atoms with van der Waals surface area (Å²) in [7, 11) is 0. The van der Waals surface area contributed by atoms with E-state index in [4.69, 9.17) is 11.6 Å². The molecule has 1 aliphatic rings. The summed E-state index contributed by atoms with van der Waals surface area (Å²) in [6.07, 6.45) is 0. The first-order chi connectivity index (χ1) is 10.9. The molecule has 0 saturated heterocycles. The first-order valence-electron chi connectivity index (χ1n) is 7.33. The van der Waals surface area contributed by atoms with E-state index in [0.29, 0.717) is 11.3 Å². The highest BCUT2D eigenvalue weighted by molar-refractivity contribution is 6.60. The van der Waals surface area contributed by atoms with E-state index in [1.54, 1.807) is 6.07 Å². The molecule has 2 aromatic rings. The minimum atomic E-state index is -0.476. The summed E-state index contributed by atoms with van der Waals surface area (Å²) >= 11 is 6.18. The Morgan fingerprint density at radius 1 is 0.826 bits per heavy atom. The van der Waals surface area contributed by atoms with Crippen LogP contribution in [0.5, 0.6) is 0 Å². The van der Waals surface area contributed by atoms with Crippen LogP contribution in [0.2, 0.25) is 0 Å². The van der Waals surface area contributed by atoms with Gasteiger partial charge >= 0.3 is 0 Å². The Balaban J connectivity index is 2.05. The summed E-state index contributed by atoms with van der Waals surface area (Å²) in [4.78, 5) is 26.4. The van der Waals surface area contributed by atoms with E-state index in [2.05, 4.69) is 0 Å². The second-order valence-corrected chi connectivity index (χ2v) is 6.15. The number of nitrogens with zero attached hydrogens (tertiary/aromatic N) is 1. The van der Waals surface area contributed by atoms with Crippen LogP contribution in [0.4, 0.5) is 5.69 Å². The van der Waals surface area contributed by atoms with Gasteiger partial charge in [-0.15, -0.1) is 0 Å². The van der Waals surface area contributed by atoms with E-state index < -0.39 is 5.91 Å². The Labute approximate surface area is 140 Å². The molecule has 1 heterocycles. The van der Waals surface area contributed by atoms with E-state index >= 15 is 0 Å². The lowest BCUT2D eigenvalue weighted by atomic mass is 10.0. The number of rotatable bonds is 2. The molecular weight excluding hydrogens is 310 g/mol. The molecule has 0 bridgehead atoms. The number of carbonyl (C=O) groups is 2. The zero-order valence-electron chi connectivity index (χ0n) is 13.2. The third-order valence-corrected chi connectivity index (χ3v) is 4.47. The van der Waals surface area contributed by atoms with Gasteiger partial charge in [-0.1, -0.05) is 47.5 Å². The van der Waals surface area contributed by atoms with Crippen molar-refractivity contribution in [2.75, 3.05) is 4.90 Å². The van der Waals surface area contributed by atoms with Gasteiger partial charge in [0.1, 0.15) is 5.03 Å². The third kappa shape index (κ3) is 2.57. The molecule has 2 amide bonds. The Morgan fingerprint density at radius 2 is 1.48 bits per heavy atom. The van der Waals surface area contributed by atoms with Crippen molar-refractivity contribution in [1.82, 2.24) is 0 Å². The number of carbonyl (C=O) groups excluding carboxylic acids is 2. The van der Waals surface area contributed by atoms with Gasteiger partial charge in [0.15, 0.2) is 0 Å². The molecule has 1 aliphatic heterocycles. The van der Waals surface area contributed by atoms with Crippen LogP contribution in [-0.4, -0.2) is 11.8 Å². The summed E-state index contributed by atoms with van der Waals surface area (Å²) in [5.74, 6) is -0.859. The molecular formula is C19H16ClNO2. The Bertz CT molecular complexity index is 850. The van der Waals surface area contributed by atoms with Crippen LogP contribution in [-0.2, 0) is 9.59 Å². The number of halogens is 1. The number of hydrogen-bond donors (Lipinski definition) is 0. The lowest BCUT2D eigenvalue weighted by Crippen LogP contribution is -2.31. The number of aryl methyl sites for hydroxylation is 3. The van der Waals surface area contributed by atoms with E-state index in [0.717, 1.165) is 21.6 Å². The predicted molar refractivity (Wildman–Crippen MR) is 92.4 cm³/mol. The van der Waals surface area contributed by atoms with E-state index in [-0.39, 0.29) is 16.5 Å². The standard InChI is InChI=1S/C19H16ClNO2/c1-11-4-7-14(8-5-11)16-17(20)19(23)21(18(16)22)15-9-6-12(2)13(3)10-15/h4-10H,1-3H3. The summed E-state index contributed by atoms with van der Waals surface area (Å²) in [6, 6.07) is 12.9. The number of anilines is 1. The van der Waals surface area contributed by atoms with E-state index in [9.17, 15) is 9.59 Å². The second-order valence-electron chi connectivity index (χ2n) is 5.77. The van der Waals surface area contributed by atoms with Crippen molar-refractivity contribution >= 4 is 34.7 Å². The van der Waals surface area contributed by atoms with Crippen molar-refractivity contribution in [1.29, 1.82) is 0 Å². The van der Waals surface area contributed by atoms with E-state index in [1.807, 2.05) is 57.2 Å². The van der Waals surface area contributed by atoms with Crippen molar-refractivity contribution in [3.63, 3.8) is 0 Å². The maximum absolute atomic E-state index is 12.8. The maximum Gasteiger partial charge on any atom is 0.277 e. The molecule has 3 nitrogen and oxygen atoms in total. The fourth-order valence-electron chi connectivity index (χ4n) is 2.57. The van der Waals surface area contributed by atoms with Crippen molar-refractivity contribution < 1.29 is 9.59 Å². The fourth-order valence-corrected chi connectivity index (χ4v) is 2.85. The molecule has 0 radical (unpaired) electrons. The quantitative estimate of drug-likeness (QED) is 0.778. The van der Waals surface area contributed by atoms with Crippen LogP contribution in [0.1, 0.15) is 22.3 Å². The molecule has 0 aliphatic carbocycles. The van der Waals surface area contributed by atoms with Gasteiger partial charge in [0.05, 0.1) is 11.3 Å². The van der Waals surface area contributed by atoms with Gasteiger partial charge in [-0.25, -0.2) is 4.90 Å². The summed E-state index contributed by atoms with van der Waals surface area (Å²) in [6.45, 7) is 5.89. The van der Waals surface area contributed by atoms with Gasteiger partial charge < -0.3 is 0 Å². The van der Waals surface area contributed by atoms with Gasteiger partial charge in [0, 0.05) is 0 Å². The third-order valence-electron chi connectivity index (χ3n) is 4.12. The molecule has 0 saturated carbocycles. The highest BCUT2D eigenvalue weighted by Gasteiger charge is 2.39. The van der Waals surface area contributed by atoms with Crippen LogP contribution in [0, 0.1) is 20.8 Å². The molecule has 0 N–H and O–H groups in total. The average Bonchev–Trinajstić information content (AvgIpc) is 2.74. The van der Waals surface area contributed by atoms with Crippen LogP contribution in [0.3, 0.4) is 0 Å². The molecule has 0 aromatic heterocycles. The normalized spacial score (nSPS) is 14.9. The molecule has 0 spiro atoms. The molecule has 4 heteroatoms. The van der Waals surface area contributed by atoms with Crippen LogP contribution >= 0.6 is 11.6 Å². The first kappa shape index (κ1) is 15.5. The molecule has 116 valence electrons. The number of hydrogen-bond acceptors (Lipinski definition) is 2. The topological polar surface area (TPSA) is 37.4 Å². The predicted octanol–water partition coefficient (Wildman–Crippen LogP) is 4.14. The monoisotopic (exact) mass is 325 g/mol. The van der Waals surface area contributed by atoms with Crippen molar-refractivity contribution in [3.8, 4) is 0 Å². The largest absolute Gasteiger partial charge is 0.277 e. The highest BCUT2D eigenvalue weighted by atomic mass is 35.5. The summed E-state index contributed by atoms with van der Waals surface area (Å²) < 4.78 is 0. The average molecular weight is 326 g/mol. The van der Waals surface area contributed by atoms with Gasteiger partial charge in [-0.3, -0.25) is 9.59 Å². The number of benzene rings is 2. The van der Waals surface area contributed by atoms with Gasteiger partial charge in [0.2, 0.25) is 0 Å². The molecule has 0 unspecified atom stereocenters. The molecule has 23 heavy (non-hydrogen) atoms. The van der Waals surface area contributed by atoms with E-state index in [1.165, 1.54) is 0 Å². The maximum atomic E-state index is 12.8. The Morgan fingerprint density at radius 3 is 2.09 bits per heavy atom. The van der Waals surface area contributed by atoms with Gasteiger partial charge in [0.25, 0.3) is 11.8 Å². The van der Waals surface area contributed by atoms with Crippen molar-refractivity contribution in [2.45, 2.75) is 20.8 Å². The molecule has 0 atom stereocenters. The van der Waals surface area contributed by atoms with Gasteiger partial charge in [-0.05, 0) is 49.6 Å². The van der Waals surface area contributed by atoms with Gasteiger partial charge in [-0.2, -0.15) is 0 Å². The lowest BCUT2D eigenvalue weighted by molar-refractivity contribution is -0.119. The summed E-state index contributed by atoms with van der Waals surface area (Å²) in [5.41, 5.74) is 4.66. The zero-order chi connectivity index (χ0) is 16.7. The first-order valence-corrected chi connectivity index (χ1v) is 7.71. The highest BCUT2D eigenvalue weighted by Crippen LogP contribution is 2.35. The van der Waals surface area contributed by atoms with Crippen molar-refractivity contribution in [3.05, 3.63) is 69.8 Å². The molecule has 2 aromatic carbocycles. The number of imide groups is 1. The second kappa shape index (κ2) is 5.67. The van der Waals surface area contributed by atoms with Crippen molar-refractivity contribution in [2.24, 2.45) is 0 Å².